The number of rotatable bonds is 5. The van der Waals surface area contributed by atoms with Crippen molar-refractivity contribution in [3.8, 4) is 5.88 Å². The van der Waals surface area contributed by atoms with E-state index in [1.165, 1.54) is 11.0 Å². The third-order valence-electron chi connectivity index (χ3n) is 2.95. The molecule has 2 rings (SSSR count). The molecule has 0 bridgehead atoms. The molecule has 0 saturated carbocycles. The van der Waals surface area contributed by atoms with E-state index in [1.807, 2.05) is 0 Å². The van der Waals surface area contributed by atoms with Gasteiger partial charge in [-0.1, -0.05) is 11.6 Å². The Kier molecular flexibility index (Phi) is 5.33. The molecule has 130 valence electrons. The minimum Gasteiger partial charge on any atom is -0.467 e. The number of carbonyl (C=O) groups is 1. The normalized spacial score (nSPS) is 11.4. The van der Waals surface area contributed by atoms with Crippen LogP contribution in [0.5, 0.6) is 5.88 Å². The Bertz CT molecular complexity index is 733. The molecule has 2 heterocycles. The minimum absolute atomic E-state index is 0.144. The van der Waals surface area contributed by atoms with Crippen LogP contribution in [0.1, 0.15) is 15.9 Å². The second-order valence-corrected chi connectivity index (χ2v) is 5.51. The van der Waals surface area contributed by atoms with E-state index in [0.717, 1.165) is 11.8 Å². The van der Waals surface area contributed by atoms with E-state index in [2.05, 4.69) is 14.8 Å². The summed E-state index contributed by atoms with van der Waals surface area (Å²) >= 11 is 5.83. The zero-order chi connectivity index (χ0) is 17.9. The van der Waals surface area contributed by atoms with Gasteiger partial charge < -0.3 is 9.64 Å². The van der Waals surface area contributed by atoms with Crippen LogP contribution in [0.4, 0.5) is 13.2 Å². The molecule has 6 nitrogen and oxygen atoms in total. The quantitative estimate of drug-likeness (QED) is 0.820. The second-order valence-electron chi connectivity index (χ2n) is 5.10. The first kappa shape index (κ1) is 18.1. The standard InChI is InChI=1S/C14H14ClF3N4O2/c1-21(6-9-4-20-22(2)7-9)13(23)10-3-11(15)12(19-5-10)24-8-14(16,17)18/h3-5,7H,6,8H2,1-2H3. The maximum absolute atomic E-state index is 12.3. The van der Waals surface area contributed by atoms with Gasteiger partial charge in [-0.3, -0.25) is 9.48 Å². The number of alkyl halides is 3. The van der Waals surface area contributed by atoms with Gasteiger partial charge in [0.15, 0.2) is 6.61 Å². The van der Waals surface area contributed by atoms with Crippen molar-refractivity contribution in [2.45, 2.75) is 12.7 Å². The highest BCUT2D eigenvalue weighted by Gasteiger charge is 2.29. The minimum atomic E-state index is -4.50. The van der Waals surface area contributed by atoms with Gasteiger partial charge in [-0.05, 0) is 6.07 Å². The summed E-state index contributed by atoms with van der Waals surface area (Å²) in [5.41, 5.74) is 0.975. The number of ether oxygens (including phenoxy) is 1. The van der Waals surface area contributed by atoms with Crippen molar-refractivity contribution in [1.82, 2.24) is 19.7 Å². The zero-order valence-electron chi connectivity index (χ0n) is 12.8. The number of pyridine rings is 1. The molecule has 2 aromatic rings. The number of aromatic nitrogens is 3. The first-order valence-electron chi connectivity index (χ1n) is 6.74. The predicted molar refractivity (Wildman–Crippen MR) is 79.8 cm³/mol. The van der Waals surface area contributed by atoms with Crippen LogP contribution < -0.4 is 4.74 Å². The van der Waals surface area contributed by atoms with Gasteiger partial charge in [0, 0.05) is 38.6 Å². The van der Waals surface area contributed by atoms with Gasteiger partial charge >= 0.3 is 6.18 Å². The summed E-state index contributed by atoms with van der Waals surface area (Å²) in [6, 6.07) is 1.22. The van der Waals surface area contributed by atoms with Gasteiger partial charge in [0.25, 0.3) is 5.91 Å². The fourth-order valence-electron chi connectivity index (χ4n) is 1.92. The lowest BCUT2D eigenvalue weighted by molar-refractivity contribution is -0.154. The summed E-state index contributed by atoms with van der Waals surface area (Å²) < 4.78 is 42.5. The van der Waals surface area contributed by atoms with Gasteiger partial charge in [-0.15, -0.1) is 0 Å². The summed E-state index contributed by atoms with van der Waals surface area (Å²) in [7, 11) is 3.34. The topological polar surface area (TPSA) is 60.2 Å². The molecule has 0 saturated heterocycles. The first-order valence-corrected chi connectivity index (χ1v) is 7.11. The van der Waals surface area contributed by atoms with Crippen LogP contribution in [-0.4, -0.2) is 45.4 Å². The van der Waals surface area contributed by atoms with Crippen molar-refractivity contribution >= 4 is 17.5 Å². The predicted octanol–water partition coefficient (Wildman–Crippen LogP) is 2.68. The number of carbonyl (C=O) groups excluding carboxylic acids is 1. The molecular formula is C14H14ClF3N4O2. The van der Waals surface area contributed by atoms with Gasteiger partial charge in [0.05, 0.1) is 11.8 Å². The Balaban J connectivity index is 2.05. The van der Waals surface area contributed by atoms with E-state index in [4.69, 9.17) is 11.6 Å². The lowest BCUT2D eigenvalue weighted by Gasteiger charge is -2.16. The average Bonchev–Trinajstić information content (AvgIpc) is 2.89. The second kappa shape index (κ2) is 7.08. The number of hydrogen-bond acceptors (Lipinski definition) is 4. The summed E-state index contributed by atoms with van der Waals surface area (Å²) in [5, 5.41) is 3.84. The molecule has 0 fully saturated rings. The third-order valence-corrected chi connectivity index (χ3v) is 3.22. The Morgan fingerprint density at radius 2 is 2.12 bits per heavy atom. The van der Waals surface area contributed by atoms with Crippen LogP contribution in [0.15, 0.2) is 24.7 Å². The largest absolute Gasteiger partial charge is 0.467 e. The highest BCUT2D eigenvalue weighted by molar-refractivity contribution is 6.32. The molecule has 0 N–H and O–H groups in total. The molecule has 0 aliphatic carbocycles. The van der Waals surface area contributed by atoms with Gasteiger partial charge in [0.2, 0.25) is 5.88 Å². The van der Waals surface area contributed by atoms with E-state index < -0.39 is 12.8 Å². The molecule has 1 amide bonds. The van der Waals surface area contributed by atoms with Crippen molar-refractivity contribution in [3.05, 3.63) is 40.8 Å². The van der Waals surface area contributed by atoms with Crippen molar-refractivity contribution in [2.75, 3.05) is 13.7 Å². The maximum Gasteiger partial charge on any atom is 0.422 e. The van der Waals surface area contributed by atoms with E-state index in [0.29, 0.717) is 6.54 Å². The Hall–Kier alpha value is -2.29. The smallest absolute Gasteiger partial charge is 0.422 e. The molecule has 0 aromatic carbocycles. The maximum atomic E-state index is 12.3. The summed E-state index contributed by atoms with van der Waals surface area (Å²) in [4.78, 5) is 17.4. The average molecular weight is 363 g/mol. The summed E-state index contributed by atoms with van der Waals surface area (Å²) in [6.07, 6.45) is 0.0231. The van der Waals surface area contributed by atoms with Crippen LogP contribution in [-0.2, 0) is 13.6 Å². The molecular weight excluding hydrogens is 349 g/mol. The molecule has 0 aliphatic heterocycles. The molecule has 10 heteroatoms. The first-order chi connectivity index (χ1) is 11.2. The summed E-state index contributed by atoms with van der Waals surface area (Å²) in [6.45, 7) is -1.19. The van der Waals surface area contributed by atoms with Crippen LogP contribution in [0.25, 0.3) is 0 Å². The van der Waals surface area contributed by atoms with Crippen LogP contribution >= 0.6 is 11.6 Å². The molecule has 2 aromatic heterocycles. The van der Waals surface area contributed by atoms with Gasteiger partial charge in [0.1, 0.15) is 5.02 Å². The Labute approximate surface area is 140 Å². The number of aryl methyl sites for hydroxylation is 1. The van der Waals surface area contributed by atoms with E-state index >= 15 is 0 Å². The van der Waals surface area contributed by atoms with Crippen molar-refractivity contribution in [3.63, 3.8) is 0 Å². The monoisotopic (exact) mass is 362 g/mol. The fourth-order valence-corrected chi connectivity index (χ4v) is 2.14. The molecule has 0 aliphatic rings. The SMILES string of the molecule is CN(Cc1cnn(C)c1)C(=O)c1cnc(OCC(F)(F)F)c(Cl)c1. The van der Waals surface area contributed by atoms with E-state index in [9.17, 15) is 18.0 Å². The molecule has 24 heavy (non-hydrogen) atoms. The van der Waals surface area contributed by atoms with E-state index in [-0.39, 0.29) is 22.4 Å². The third kappa shape index (κ3) is 4.85. The highest BCUT2D eigenvalue weighted by Crippen LogP contribution is 2.25. The lowest BCUT2D eigenvalue weighted by Crippen LogP contribution is -2.26. The van der Waals surface area contributed by atoms with Crippen molar-refractivity contribution < 1.29 is 22.7 Å². The number of amides is 1. The number of hydrogen-bond donors (Lipinski definition) is 0. The molecule has 0 atom stereocenters. The zero-order valence-corrected chi connectivity index (χ0v) is 13.6. The van der Waals surface area contributed by atoms with E-state index in [1.54, 1.807) is 31.2 Å². The molecule has 0 spiro atoms. The van der Waals surface area contributed by atoms with Crippen LogP contribution in [0.3, 0.4) is 0 Å². The number of halogens is 4. The van der Waals surface area contributed by atoms with Crippen LogP contribution in [0.2, 0.25) is 5.02 Å². The molecule has 0 radical (unpaired) electrons. The van der Waals surface area contributed by atoms with Gasteiger partial charge in [-0.2, -0.15) is 18.3 Å². The van der Waals surface area contributed by atoms with Gasteiger partial charge in [-0.25, -0.2) is 4.98 Å². The summed E-state index contributed by atoms with van der Waals surface area (Å²) in [5.74, 6) is -0.754. The fraction of sp³-hybridized carbons (Fsp3) is 0.357. The van der Waals surface area contributed by atoms with Crippen LogP contribution in [0, 0.1) is 0 Å². The molecule has 0 unspecified atom stereocenters. The van der Waals surface area contributed by atoms with Crippen molar-refractivity contribution in [2.24, 2.45) is 7.05 Å². The lowest BCUT2D eigenvalue weighted by atomic mass is 10.2. The Morgan fingerprint density at radius 3 is 2.67 bits per heavy atom. The van der Waals surface area contributed by atoms with Crippen molar-refractivity contribution in [1.29, 1.82) is 0 Å². The Morgan fingerprint density at radius 1 is 1.42 bits per heavy atom. The number of nitrogens with zero attached hydrogens (tertiary/aromatic N) is 4. The highest BCUT2D eigenvalue weighted by atomic mass is 35.5.